The van der Waals surface area contributed by atoms with E-state index in [0.29, 0.717) is 19.3 Å². The Morgan fingerprint density at radius 1 is 0.892 bits per heavy atom. The highest BCUT2D eigenvalue weighted by atomic mass is 16.5. The number of carbonyl (C=O) groups excluding carboxylic acids is 1. The SMILES string of the molecule is CCC(O)(C#Cc1ccc(C(CC)(CC)c2ccc(-c3cncc(COC=O)c3)c(C)c2)cc1C)CC. The van der Waals surface area contributed by atoms with Gasteiger partial charge in [-0.3, -0.25) is 9.78 Å². The van der Waals surface area contributed by atoms with Crippen LogP contribution in [0.15, 0.2) is 54.9 Å². The molecule has 0 radical (unpaired) electrons. The highest BCUT2D eigenvalue weighted by molar-refractivity contribution is 5.68. The quantitative estimate of drug-likeness (QED) is 0.241. The van der Waals surface area contributed by atoms with Gasteiger partial charge in [0.1, 0.15) is 12.2 Å². The Balaban J connectivity index is 2.00. The highest BCUT2D eigenvalue weighted by Crippen LogP contribution is 2.41. The lowest BCUT2D eigenvalue weighted by molar-refractivity contribution is -0.129. The number of ether oxygens (including phenoxy) is 1. The Morgan fingerprint density at radius 3 is 2.11 bits per heavy atom. The topological polar surface area (TPSA) is 59.4 Å². The van der Waals surface area contributed by atoms with Crippen LogP contribution in [0.4, 0.5) is 0 Å². The van der Waals surface area contributed by atoms with E-state index in [9.17, 15) is 9.90 Å². The molecule has 3 aromatic rings. The fourth-order valence-corrected chi connectivity index (χ4v) is 5.07. The van der Waals surface area contributed by atoms with E-state index < -0.39 is 5.60 Å². The van der Waals surface area contributed by atoms with E-state index in [0.717, 1.165) is 40.7 Å². The van der Waals surface area contributed by atoms with Crippen molar-refractivity contribution in [1.29, 1.82) is 0 Å². The summed E-state index contributed by atoms with van der Waals surface area (Å²) in [6.07, 6.45) is 6.74. The summed E-state index contributed by atoms with van der Waals surface area (Å²) in [4.78, 5) is 14.9. The molecule has 0 bridgehead atoms. The number of aryl methyl sites for hydroxylation is 2. The molecule has 4 heteroatoms. The molecule has 0 amide bonds. The molecule has 0 aliphatic carbocycles. The van der Waals surface area contributed by atoms with Gasteiger partial charge in [-0.15, -0.1) is 0 Å². The summed E-state index contributed by atoms with van der Waals surface area (Å²) < 4.78 is 4.90. The van der Waals surface area contributed by atoms with Gasteiger partial charge in [0.25, 0.3) is 6.47 Å². The third-order valence-corrected chi connectivity index (χ3v) is 7.79. The molecule has 1 heterocycles. The lowest BCUT2D eigenvalue weighted by Gasteiger charge is -2.34. The number of hydrogen-bond donors (Lipinski definition) is 1. The first kappa shape index (κ1) is 28.2. The van der Waals surface area contributed by atoms with E-state index >= 15 is 0 Å². The number of aliphatic hydroxyl groups is 1. The average Bonchev–Trinajstić information content (AvgIpc) is 2.92. The number of benzene rings is 2. The van der Waals surface area contributed by atoms with Crippen molar-refractivity contribution in [2.45, 2.75) is 84.8 Å². The second kappa shape index (κ2) is 12.2. The minimum Gasteiger partial charge on any atom is -0.463 e. The van der Waals surface area contributed by atoms with Crippen LogP contribution in [0.5, 0.6) is 0 Å². The maximum atomic E-state index is 10.6. The van der Waals surface area contributed by atoms with Gasteiger partial charge in [0.2, 0.25) is 0 Å². The zero-order chi connectivity index (χ0) is 27.1. The highest BCUT2D eigenvalue weighted by Gasteiger charge is 2.31. The van der Waals surface area contributed by atoms with Gasteiger partial charge in [0, 0.05) is 34.5 Å². The molecular formula is C33H39NO3. The number of carbonyl (C=O) groups is 1. The van der Waals surface area contributed by atoms with Crippen molar-refractivity contribution in [3.05, 3.63) is 88.2 Å². The Labute approximate surface area is 222 Å². The molecule has 3 rings (SSSR count). The van der Waals surface area contributed by atoms with Gasteiger partial charge in [-0.25, -0.2) is 0 Å². The molecule has 37 heavy (non-hydrogen) atoms. The maximum Gasteiger partial charge on any atom is 0.293 e. The molecule has 0 atom stereocenters. The lowest BCUT2D eigenvalue weighted by atomic mass is 9.69. The van der Waals surface area contributed by atoms with Gasteiger partial charge in [-0.1, -0.05) is 69.9 Å². The predicted molar refractivity (Wildman–Crippen MR) is 150 cm³/mol. The normalized spacial score (nSPS) is 11.5. The molecule has 0 saturated heterocycles. The molecule has 0 saturated carbocycles. The zero-order valence-corrected chi connectivity index (χ0v) is 23.0. The average molecular weight is 498 g/mol. The molecule has 0 aliphatic rings. The standard InChI is InChI=1S/C33H39NO3/c1-7-32(36,8-2)16-15-27-11-12-29(17-24(27)5)33(9-3,10-4)30-13-14-31(25(6)18-30)28-19-26(20-34-21-28)22-37-23-35/h11-14,17-21,23,36H,7-10,22H2,1-6H3. The van der Waals surface area contributed by atoms with Gasteiger partial charge in [0.05, 0.1) is 0 Å². The minimum atomic E-state index is -0.933. The van der Waals surface area contributed by atoms with Crippen LogP contribution in [-0.4, -0.2) is 22.2 Å². The third kappa shape index (κ3) is 6.12. The Morgan fingerprint density at radius 2 is 1.54 bits per heavy atom. The van der Waals surface area contributed by atoms with Crippen molar-refractivity contribution in [1.82, 2.24) is 4.98 Å². The van der Waals surface area contributed by atoms with Crippen LogP contribution in [0.25, 0.3) is 11.1 Å². The van der Waals surface area contributed by atoms with Crippen LogP contribution in [0.3, 0.4) is 0 Å². The van der Waals surface area contributed by atoms with Crippen molar-refractivity contribution in [2.24, 2.45) is 0 Å². The number of aromatic nitrogens is 1. The first-order chi connectivity index (χ1) is 17.8. The van der Waals surface area contributed by atoms with Crippen LogP contribution < -0.4 is 0 Å². The van der Waals surface area contributed by atoms with Crippen molar-refractivity contribution >= 4 is 6.47 Å². The predicted octanol–water partition coefficient (Wildman–Crippen LogP) is 7.05. The lowest BCUT2D eigenvalue weighted by Crippen LogP contribution is -2.26. The summed E-state index contributed by atoms with van der Waals surface area (Å²) in [6.45, 7) is 13.3. The van der Waals surface area contributed by atoms with E-state index in [4.69, 9.17) is 4.74 Å². The fraction of sp³-hybridized carbons (Fsp3) is 0.394. The second-order valence-electron chi connectivity index (χ2n) is 9.83. The van der Waals surface area contributed by atoms with Gasteiger partial charge in [-0.05, 0) is 79.5 Å². The van der Waals surface area contributed by atoms with Crippen molar-refractivity contribution in [2.75, 3.05) is 0 Å². The molecule has 194 valence electrons. The van der Waals surface area contributed by atoms with Crippen LogP contribution in [-0.2, 0) is 21.6 Å². The molecule has 0 fully saturated rings. The van der Waals surface area contributed by atoms with E-state index in [-0.39, 0.29) is 12.0 Å². The summed E-state index contributed by atoms with van der Waals surface area (Å²) >= 11 is 0. The first-order valence-corrected chi connectivity index (χ1v) is 13.2. The van der Waals surface area contributed by atoms with Gasteiger partial charge >= 0.3 is 0 Å². The summed E-state index contributed by atoms with van der Waals surface area (Å²) in [5, 5.41) is 10.6. The Kier molecular flexibility index (Phi) is 9.29. The third-order valence-electron chi connectivity index (χ3n) is 7.79. The fourth-order valence-electron chi connectivity index (χ4n) is 5.07. The molecule has 2 aromatic carbocycles. The number of nitrogens with zero attached hydrogens (tertiary/aromatic N) is 1. The molecule has 1 aromatic heterocycles. The Hall–Kier alpha value is -3.42. The molecule has 0 aliphatic heterocycles. The maximum absolute atomic E-state index is 10.6. The molecular weight excluding hydrogens is 458 g/mol. The van der Waals surface area contributed by atoms with E-state index in [1.807, 2.05) is 26.1 Å². The number of hydrogen-bond acceptors (Lipinski definition) is 4. The molecule has 1 N–H and O–H groups in total. The van der Waals surface area contributed by atoms with Crippen molar-refractivity contribution in [3.63, 3.8) is 0 Å². The smallest absolute Gasteiger partial charge is 0.293 e. The Bertz CT molecular complexity index is 1290. The van der Waals surface area contributed by atoms with Crippen LogP contribution in [0, 0.1) is 25.7 Å². The van der Waals surface area contributed by atoms with E-state index in [1.54, 1.807) is 6.20 Å². The second-order valence-corrected chi connectivity index (χ2v) is 9.83. The van der Waals surface area contributed by atoms with Gasteiger partial charge in [-0.2, -0.15) is 0 Å². The largest absolute Gasteiger partial charge is 0.463 e. The van der Waals surface area contributed by atoms with E-state index in [1.165, 1.54) is 16.7 Å². The van der Waals surface area contributed by atoms with Crippen molar-refractivity contribution in [3.8, 4) is 23.0 Å². The number of pyridine rings is 1. The van der Waals surface area contributed by atoms with Crippen LogP contribution in [0.2, 0.25) is 0 Å². The summed E-state index contributed by atoms with van der Waals surface area (Å²) in [7, 11) is 0. The minimum absolute atomic E-state index is 0.120. The summed E-state index contributed by atoms with van der Waals surface area (Å²) in [6, 6.07) is 15.3. The monoisotopic (exact) mass is 497 g/mol. The number of rotatable bonds is 10. The van der Waals surface area contributed by atoms with E-state index in [2.05, 4.69) is 80.9 Å². The first-order valence-electron chi connectivity index (χ1n) is 13.2. The summed E-state index contributed by atoms with van der Waals surface area (Å²) in [5.74, 6) is 6.32. The van der Waals surface area contributed by atoms with Crippen LogP contribution >= 0.6 is 0 Å². The zero-order valence-electron chi connectivity index (χ0n) is 23.0. The molecule has 0 spiro atoms. The van der Waals surface area contributed by atoms with Crippen LogP contribution in [0.1, 0.15) is 86.8 Å². The van der Waals surface area contributed by atoms with Gasteiger partial charge in [0.15, 0.2) is 0 Å². The van der Waals surface area contributed by atoms with Crippen molar-refractivity contribution < 1.29 is 14.6 Å². The molecule has 0 unspecified atom stereocenters. The molecule has 4 nitrogen and oxygen atoms in total. The summed E-state index contributed by atoms with van der Waals surface area (Å²) in [5.41, 5.74) is 7.76. The van der Waals surface area contributed by atoms with Gasteiger partial charge < -0.3 is 9.84 Å².